The SMILES string of the molecule is CCCCNc1cc(-c2ccc(C(C)C)cc2)[nH]n1. The van der Waals surface area contributed by atoms with Gasteiger partial charge < -0.3 is 5.32 Å². The fraction of sp³-hybridized carbons (Fsp3) is 0.438. The zero-order valence-corrected chi connectivity index (χ0v) is 12.0. The summed E-state index contributed by atoms with van der Waals surface area (Å²) in [6.07, 6.45) is 2.37. The molecule has 2 rings (SSSR count). The minimum atomic E-state index is 0.571. The maximum absolute atomic E-state index is 4.29. The summed E-state index contributed by atoms with van der Waals surface area (Å²) in [7, 11) is 0. The summed E-state index contributed by atoms with van der Waals surface area (Å²) in [4.78, 5) is 0. The maximum atomic E-state index is 4.29. The van der Waals surface area contributed by atoms with E-state index < -0.39 is 0 Å². The maximum Gasteiger partial charge on any atom is 0.148 e. The third kappa shape index (κ3) is 3.60. The molecule has 0 unspecified atom stereocenters. The van der Waals surface area contributed by atoms with Crippen LogP contribution in [0.25, 0.3) is 11.3 Å². The van der Waals surface area contributed by atoms with Gasteiger partial charge >= 0.3 is 0 Å². The van der Waals surface area contributed by atoms with Gasteiger partial charge in [0, 0.05) is 12.6 Å². The van der Waals surface area contributed by atoms with Gasteiger partial charge in [0.25, 0.3) is 0 Å². The normalized spacial score (nSPS) is 10.9. The number of aromatic amines is 1. The largest absolute Gasteiger partial charge is 0.369 e. The molecule has 0 aliphatic rings. The van der Waals surface area contributed by atoms with Crippen molar-refractivity contribution < 1.29 is 0 Å². The quantitative estimate of drug-likeness (QED) is 0.752. The molecule has 2 N–H and O–H groups in total. The number of benzene rings is 1. The number of H-pyrrole nitrogens is 1. The summed E-state index contributed by atoms with van der Waals surface area (Å²) in [5.74, 6) is 1.50. The first-order valence-electron chi connectivity index (χ1n) is 7.10. The van der Waals surface area contributed by atoms with Crippen LogP contribution in [-0.2, 0) is 0 Å². The number of anilines is 1. The van der Waals surface area contributed by atoms with E-state index in [0.717, 1.165) is 18.1 Å². The second kappa shape index (κ2) is 6.41. The van der Waals surface area contributed by atoms with Crippen molar-refractivity contribution in [3.63, 3.8) is 0 Å². The van der Waals surface area contributed by atoms with Crippen LogP contribution in [-0.4, -0.2) is 16.7 Å². The van der Waals surface area contributed by atoms with Crippen LogP contribution in [0.15, 0.2) is 30.3 Å². The number of nitrogens with zero attached hydrogens (tertiary/aromatic N) is 1. The molecule has 3 heteroatoms. The van der Waals surface area contributed by atoms with Gasteiger partial charge in [0.2, 0.25) is 0 Å². The number of rotatable bonds is 6. The van der Waals surface area contributed by atoms with E-state index in [0.29, 0.717) is 5.92 Å². The number of nitrogens with one attached hydrogen (secondary N) is 2. The molecule has 0 bridgehead atoms. The van der Waals surface area contributed by atoms with Crippen LogP contribution >= 0.6 is 0 Å². The van der Waals surface area contributed by atoms with Crippen LogP contribution in [0.4, 0.5) is 5.82 Å². The molecular weight excluding hydrogens is 234 g/mol. The molecule has 0 aliphatic heterocycles. The third-order valence-corrected chi connectivity index (χ3v) is 3.30. The van der Waals surface area contributed by atoms with Crippen molar-refractivity contribution in [3.8, 4) is 11.3 Å². The predicted molar refractivity (Wildman–Crippen MR) is 81.5 cm³/mol. The molecule has 0 radical (unpaired) electrons. The molecule has 102 valence electrons. The topological polar surface area (TPSA) is 40.7 Å². The molecular formula is C16H23N3. The van der Waals surface area contributed by atoms with Gasteiger partial charge in [-0.3, -0.25) is 5.10 Å². The van der Waals surface area contributed by atoms with Gasteiger partial charge in [0.05, 0.1) is 5.69 Å². The highest BCUT2D eigenvalue weighted by atomic mass is 15.2. The summed E-state index contributed by atoms with van der Waals surface area (Å²) < 4.78 is 0. The van der Waals surface area contributed by atoms with Gasteiger partial charge in [-0.05, 0) is 23.5 Å². The van der Waals surface area contributed by atoms with E-state index >= 15 is 0 Å². The van der Waals surface area contributed by atoms with E-state index in [1.165, 1.54) is 24.0 Å². The molecule has 0 aliphatic carbocycles. The molecule has 1 heterocycles. The average molecular weight is 257 g/mol. The number of aromatic nitrogens is 2. The zero-order valence-electron chi connectivity index (χ0n) is 12.0. The van der Waals surface area contributed by atoms with Crippen molar-refractivity contribution in [2.24, 2.45) is 0 Å². The minimum Gasteiger partial charge on any atom is -0.369 e. The second-order valence-electron chi connectivity index (χ2n) is 5.22. The molecule has 1 aromatic carbocycles. The van der Waals surface area contributed by atoms with Crippen molar-refractivity contribution in [2.45, 2.75) is 39.5 Å². The monoisotopic (exact) mass is 257 g/mol. The minimum absolute atomic E-state index is 0.571. The third-order valence-electron chi connectivity index (χ3n) is 3.30. The Labute approximate surface area is 115 Å². The van der Waals surface area contributed by atoms with Gasteiger partial charge in [-0.25, -0.2) is 0 Å². The van der Waals surface area contributed by atoms with Crippen molar-refractivity contribution in [3.05, 3.63) is 35.9 Å². The lowest BCUT2D eigenvalue weighted by Crippen LogP contribution is -2.00. The van der Waals surface area contributed by atoms with E-state index in [2.05, 4.69) is 66.6 Å². The first-order valence-corrected chi connectivity index (χ1v) is 7.10. The molecule has 0 amide bonds. The molecule has 0 spiro atoms. The lowest BCUT2D eigenvalue weighted by atomic mass is 10.0. The van der Waals surface area contributed by atoms with E-state index in [1.807, 2.05) is 0 Å². The molecule has 0 saturated heterocycles. The lowest BCUT2D eigenvalue weighted by molar-refractivity contribution is 0.830. The van der Waals surface area contributed by atoms with E-state index in [9.17, 15) is 0 Å². The lowest BCUT2D eigenvalue weighted by Gasteiger charge is -2.05. The summed E-state index contributed by atoms with van der Waals surface area (Å²) >= 11 is 0. The van der Waals surface area contributed by atoms with Gasteiger partial charge in [0.1, 0.15) is 5.82 Å². The van der Waals surface area contributed by atoms with Crippen LogP contribution < -0.4 is 5.32 Å². The van der Waals surface area contributed by atoms with Gasteiger partial charge in [-0.2, -0.15) is 5.10 Å². The Kier molecular flexibility index (Phi) is 4.61. The fourth-order valence-corrected chi connectivity index (χ4v) is 2.00. The van der Waals surface area contributed by atoms with Crippen molar-refractivity contribution in [1.82, 2.24) is 10.2 Å². The predicted octanol–water partition coefficient (Wildman–Crippen LogP) is 4.41. The standard InChI is InChI=1S/C16H23N3/c1-4-5-10-17-16-11-15(18-19-16)14-8-6-13(7-9-14)12(2)3/h6-9,11-12H,4-5,10H2,1-3H3,(H2,17,18,19). The van der Waals surface area contributed by atoms with E-state index in [4.69, 9.17) is 0 Å². The Morgan fingerprint density at radius 1 is 1.21 bits per heavy atom. The molecule has 3 nitrogen and oxygen atoms in total. The summed E-state index contributed by atoms with van der Waals surface area (Å²) in [6.45, 7) is 7.59. The summed E-state index contributed by atoms with van der Waals surface area (Å²) in [5, 5.41) is 10.7. The Hall–Kier alpha value is -1.77. The molecule has 1 aromatic heterocycles. The van der Waals surface area contributed by atoms with Crippen molar-refractivity contribution >= 4 is 5.82 Å². The molecule has 19 heavy (non-hydrogen) atoms. The number of hydrogen-bond acceptors (Lipinski definition) is 2. The Morgan fingerprint density at radius 2 is 1.95 bits per heavy atom. The molecule has 2 aromatic rings. The zero-order chi connectivity index (χ0) is 13.7. The summed E-state index contributed by atoms with van der Waals surface area (Å²) in [6, 6.07) is 10.7. The van der Waals surface area contributed by atoms with Gasteiger partial charge in [-0.15, -0.1) is 0 Å². The molecule has 0 saturated carbocycles. The van der Waals surface area contributed by atoms with Gasteiger partial charge in [0.15, 0.2) is 0 Å². The molecule has 0 fully saturated rings. The molecule has 0 atom stereocenters. The summed E-state index contributed by atoms with van der Waals surface area (Å²) in [5.41, 5.74) is 3.61. The van der Waals surface area contributed by atoms with Crippen molar-refractivity contribution in [1.29, 1.82) is 0 Å². The van der Waals surface area contributed by atoms with Gasteiger partial charge in [-0.1, -0.05) is 51.5 Å². The first kappa shape index (κ1) is 13.7. The van der Waals surface area contributed by atoms with Crippen LogP contribution in [0.3, 0.4) is 0 Å². The van der Waals surface area contributed by atoms with Crippen LogP contribution in [0.2, 0.25) is 0 Å². The van der Waals surface area contributed by atoms with Crippen LogP contribution in [0, 0.1) is 0 Å². The Balaban J connectivity index is 2.05. The average Bonchev–Trinajstić information content (AvgIpc) is 2.88. The highest BCUT2D eigenvalue weighted by Crippen LogP contribution is 2.22. The van der Waals surface area contributed by atoms with Crippen LogP contribution in [0.1, 0.15) is 45.1 Å². The fourth-order valence-electron chi connectivity index (χ4n) is 2.00. The second-order valence-corrected chi connectivity index (χ2v) is 5.22. The van der Waals surface area contributed by atoms with E-state index in [1.54, 1.807) is 0 Å². The highest BCUT2D eigenvalue weighted by molar-refractivity contribution is 5.63. The highest BCUT2D eigenvalue weighted by Gasteiger charge is 2.04. The van der Waals surface area contributed by atoms with E-state index in [-0.39, 0.29) is 0 Å². The van der Waals surface area contributed by atoms with Crippen molar-refractivity contribution in [2.75, 3.05) is 11.9 Å². The first-order chi connectivity index (χ1) is 9.20. The Bertz CT molecular complexity index is 497. The smallest absolute Gasteiger partial charge is 0.148 e. The number of hydrogen-bond donors (Lipinski definition) is 2. The Morgan fingerprint density at radius 3 is 2.58 bits per heavy atom. The van der Waals surface area contributed by atoms with Crippen LogP contribution in [0.5, 0.6) is 0 Å². The number of unbranched alkanes of at least 4 members (excludes halogenated alkanes) is 1.